The van der Waals surface area contributed by atoms with E-state index in [1.165, 1.54) is 11.1 Å². The van der Waals surface area contributed by atoms with Gasteiger partial charge in [0.15, 0.2) is 11.5 Å². The van der Waals surface area contributed by atoms with Crippen LogP contribution in [0.5, 0.6) is 11.5 Å². The predicted molar refractivity (Wildman–Crippen MR) is 131 cm³/mol. The van der Waals surface area contributed by atoms with Crippen molar-refractivity contribution in [2.45, 2.75) is 31.3 Å². The van der Waals surface area contributed by atoms with E-state index in [4.69, 9.17) is 9.47 Å². The van der Waals surface area contributed by atoms with E-state index in [-0.39, 0.29) is 18.0 Å². The monoisotopic (exact) mass is 444 g/mol. The van der Waals surface area contributed by atoms with Crippen LogP contribution in [0.2, 0.25) is 0 Å². The van der Waals surface area contributed by atoms with Crippen LogP contribution in [0.3, 0.4) is 0 Å². The number of ether oxygens (including phenoxy) is 2. The molecule has 0 aliphatic carbocycles. The number of amides is 1. The summed E-state index contributed by atoms with van der Waals surface area (Å²) in [5.74, 6) is 1.52. The molecule has 1 aliphatic rings. The van der Waals surface area contributed by atoms with Gasteiger partial charge in [-0.1, -0.05) is 66.7 Å². The topological polar surface area (TPSA) is 50.8 Å². The molecule has 0 bridgehead atoms. The first-order valence-electron chi connectivity index (χ1n) is 11.5. The first-order chi connectivity index (χ1) is 16.2. The lowest BCUT2D eigenvalue weighted by Crippen LogP contribution is -2.39. The number of hydrogen-bond donors (Lipinski definition) is 1. The molecule has 3 aromatic rings. The van der Waals surface area contributed by atoms with Crippen molar-refractivity contribution in [3.05, 3.63) is 95.6 Å². The van der Waals surface area contributed by atoms with Gasteiger partial charge in [0, 0.05) is 12.6 Å². The van der Waals surface area contributed by atoms with Crippen LogP contribution in [0.4, 0.5) is 0 Å². The second-order valence-electron chi connectivity index (χ2n) is 8.39. The molecular weight excluding hydrogens is 412 g/mol. The molecule has 1 aliphatic heterocycles. The molecule has 172 valence electrons. The molecule has 0 saturated carbocycles. The first kappa shape index (κ1) is 22.9. The minimum Gasteiger partial charge on any atom is -0.493 e. The highest BCUT2D eigenvalue weighted by molar-refractivity contribution is 5.79. The van der Waals surface area contributed by atoms with Gasteiger partial charge in [-0.15, -0.1) is 0 Å². The highest BCUT2D eigenvalue weighted by atomic mass is 16.5. The van der Waals surface area contributed by atoms with E-state index >= 15 is 0 Å². The Labute approximate surface area is 196 Å². The summed E-state index contributed by atoms with van der Waals surface area (Å²) in [6.45, 7) is 1.07. The fraction of sp³-hybridized carbons (Fsp3) is 0.321. The number of rotatable bonds is 9. The van der Waals surface area contributed by atoms with Gasteiger partial charge in [0.25, 0.3) is 0 Å². The van der Waals surface area contributed by atoms with E-state index in [1.54, 1.807) is 14.2 Å². The number of hydrogen-bond acceptors (Lipinski definition) is 4. The third-order valence-corrected chi connectivity index (χ3v) is 6.35. The summed E-state index contributed by atoms with van der Waals surface area (Å²) in [7, 11) is 3.27. The van der Waals surface area contributed by atoms with Gasteiger partial charge in [-0.25, -0.2) is 0 Å². The number of nitrogens with one attached hydrogen (secondary N) is 1. The van der Waals surface area contributed by atoms with Gasteiger partial charge in [-0.2, -0.15) is 0 Å². The van der Waals surface area contributed by atoms with Crippen LogP contribution >= 0.6 is 0 Å². The van der Waals surface area contributed by atoms with Crippen molar-refractivity contribution >= 4 is 5.91 Å². The Morgan fingerprint density at radius 2 is 1.67 bits per heavy atom. The van der Waals surface area contributed by atoms with Gasteiger partial charge in [-0.05, 0) is 48.1 Å². The summed E-state index contributed by atoms with van der Waals surface area (Å²) in [6, 6.07) is 26.8. The summed E-state index contributed by atoms with van der Waals surface area (Å²) in [5.41, 5.74) is 3.52. The fourth-order valence-corrected chi connectivity index (χ4v) is 4.63. The van der Waals surface area contributed by atoms with E-state index in [2.05, 4.69) is 41.7 Å². The van der Waals surface area contributed by atoms with Crippen LogP contribution < -0.4 is 14.8 Å². The molecule has 0 aromatic heterocycles. The smallest absolute Gasteiger partial charge is 0.237 e. The SMILES string of the molecule is COc1ccc(C2CCCN2C(=O)CNC(Cc2ccccc2)c2ccccc2)cc1OC. The van der Waals surface area contributed by atoms with Crippen molar-refractivity contribution in [2.75, 3.05) is 27.3 Å². The molecule has 4 rings (SSSR count). The largest absolute Gasteiger partial charge is 0.493 e. The Bertz CT molecular complexity index is 1040. The number of likely N-dealkylation sites (tertiary alicyclic amines) is 1. The lowest BCUT2D eigenvalue weighted by molar-refractivity contribution is -0.131. The van der Waals surface area contributed by atoms with Gasteiger partial charge < -0.3 is 19.7 Å². The molecule has 3 aromatic carbocycles. The van der Waals surface area contributed by atoms with Crippen molar-refractivity contribution < 1.29 is 14.3 Å². The van der Waals surface area contributed by atoms with E-state index < -0.39 is 0 Å². The van der Waals surface area contributed by atoms with Crippen LogP contribution in [-0.4, -0.2) is 38.1 Å². The highest BCUT2D eigenvalue weighted by Gasteiger charge is 2.30. The Morgan fingerprint density at radius 3 is 2.36 bits per heavy atom. The van der Waals surface area contributed by atoms with Gasteiger partial charge >= 0.3 is 0 Å². The summed E-state index contributed by atoms with van der Waals surface area (Å²) in [4.78, 5) is 15.3. The predicted octanol–water partition coefficient (Wildman–Crippen LogP) is 4.94. The van der Waals surface area contributed by atoms with E-state index in [9.17, 15) is 4.79 Å². The van der Waals surface area contributed by atoms with Gasteiger partial charge in [0.2, 0.25) is 5.91 Å². The lowest BCUT2D eigenvalue weighted by atomic mass is 9.99. The number of carbonyl (C=O) groups is 1. The van der Waals surface area contributed by atoms with Crippen LogP contribution in [0.1, 0.15) is 41.6 Å². The number of benzene rings is 3. The molecular formula is C28H32N2O3. The normalized spacial score (nSPS) is 16.4. The molecule has 5 heteroatoms. The third-order valence-electron chi connectivity index (χ3n) is 6.35. The quantitative estimate of drug-likeness (QED) is 0.508. The van der Waals surface area contributed by atoms with Crippen molar-refractivity contribution in [3.63, 3.8) is 0 Å². The number of nitrogens with zero attached hydrogens (tertiary/aromatic N) is 1. The Kier molecular flexibility index (Phi) is 7.63. The molecule has 2 atom stereocenters. The molecule has 1 saturated heterocycles. The second kappa shape index (κ2) is 11.0. The van der Waals surface area contributed by atoms with Crippen LogP contribution in [0.15, 0.2) is 78.9 Å². The Hall–Kier alpha value is -3.31. The Morgan fingerprint density at radius 1 is 0.970 bits per heavy atom. The van der Waals surface area contributed by atoms with Crippen LogP contribution in [-0.2, 0) is 11.2 Å². The molecule has 5 nitrogen and oxygen atoms in total. The number of carbonyl (C=O) groups excluding carboxylic acids is 1. The third kappa shape index (κ3) is 5.55. The van der Waals surface area contributed by atoms with Crippen molar-refractivity contribution in [2.24, 2.45) is 0 Å². The van der Waals surface area contributed by atoms with E-state index in [0.29, 0.717) is 18.0 Å². The minimum absolute atomic E-state index is 0.0587. The van der Waals surface area contributed by atoms with Gasteiger partial charge in [0.1, 0.15) is 0 Å². The zero-order valence-corrected chi connectivity index (χ0v) is 19.4. The number of methoxy groups -OCH3 is 2. The maximum Gasteiger partial charge on any atom is 0.237 e. The minimum atomic E-state index is 0.0587. The van der Waals surface area contributed by atoms with Gasteiger partial charge in [0.05, 0.1) is 26.8 Å². The summed E-state index contributed by atoms with van der Waals surface area (Å²) in [6.07, 6.45) is 2.78. The summed E-state index contributed by atoms with van der Waals surface area (Å²) in [5, 5.41) is 3.54. The van der Waals surface area contributed by atoms with Crippen molar-refractivity contribution in [1.29, 1.82) is 0 Å². The van der Waals surface area contributed by atoms with Crippen molar-refractivity contribution in [1.82, 2.24) is 10.2 Å². The first-order valence-corrected chi connectivity index (χ1v) is 11.5. The molecule has 0 radical (unpaired) electrons. The zero-order valence-electron chi connectivity index (χ0n) is 19.4. The summed E-state index contributed by atoms with van der Waals surface area (Å²) >= 11 is 0. The van der Waals surface area contributed by atoms with E-state index in [0.717, 1.165) is 31.4 Å². The molecule has 1 fully saturated rings. The molecule has 0 spiro atoms. The molecule has 1 amide bonds. The average Bonchev–Trinajstić information content (AvgIpc) is 3.37. The lowest BCUT2D eigenvalue weighted by Gasteiger charge is -2.27. The second-order valence-corrected chi connectivity index (χ2v) is 8.39. The molecule has 2 unspecified atom stereocenters. The summed E-state index contributed by atoms with van der Waals surface area (Å²) < 4.78 is 10.8. The van der Waals surface area contributed by atoms with E-state index in [1.807, 2.05) is 47.4 Å². The van der Waals surface area contributed by atoms with Crippen LogP contribution in [0.25, 0.3) is 0 Å². The van der Waals surface area contributed by atoms with Gasteiger partial charge in [-0.3, -0.25) is 4.79 Å². The molecule has 1 heterocycles. The maximum absolute atomic E-state index is 13.3. The fourth-order valence-electron chi connectivity index (χ4n) is 4.63. The van der Waals surface area contributed by atoms with Crippen LogP contribution in [0, 0.1) is 0 Å². The van der Waals surface area contributed by atoms with Crippen molar-refractivity contribution in [3.8, 4) is 11.5 Å². The molecule has 1 N–H and O–H groups in total. The highest BCUT2D eigenvalue weighted by Crippen LogP contribution is 2.37. The maximum atomic E-state index is 13.3. The Balaban J connectivity index is 1.46. The zero-order chi connectivity index (χ0) is 23.0. The standard InChI is InChI=1S/C28H32N2O3/c1-32-26-16-15-23(19-27(26)33-2)25-14-9-17-30(25)28(31)20-29-24(22-12-7-4-8-13-22)18-21-10-5-3-6-11-21/h3-8,10-13,15-16,19,24-25,29H,9,14,17-18,20H2,1-2H3. The average molecular weight is 445 g/mol. The molecule has 33 heavy (non-hydrogen) atoms.